The van der Waals surface area contributed by atoms with Gasteiger partial charge in [0.2, 0.25) is 0 Å². The number of imide groups is 1. The molecule has 1 heterocycles. The van der Waals surface area contributed by atoms with Crippen molar-refractivity contribution in [1.29, 1.82) is 0 Å². The standard InChI is InChI=1S/C12H12N2O2/c1-8-3-5-9(6-4-8)7-10-11(15)13-12(16)14(10)2/h3-7H,1-2H3,(H,13,15,16). The fourth-order valence-corrected chi connectivity index (χ4v) is 1.49. The summed E-state index contributed by atoms with van der Waals surface area (Å²) >= 11 is 0. The van der Waals surface area contributed by atoms with Crippen LogP contribution in [0, 0.1) is 6.92 Å². The molecular formula is C12H12N2O2. The average molecular weight is 216 g/mol. The summed E-state index contributed by atoms with van der Waals surface area (Å²) in [5.41, 5.74) is 2.42. The predicted molar refractivity (Wildman–Crippen MR) is 60.5 cm³/mol. The minimum atomic E-state index is -0.386. The maximum Gasteiger partial charge on any atom is 0.328 e. The van der Waals surface area contributed by atoms with Gasteiger partial charge in [0, 0.05) is 7.05 Å². The molecule has 0 spiro atoms. The number of hydrogen-bond donors (Lipinski definition) is 1. The number of benzene rings is 1. The molecule has 0 radical (unpaired) electrons. The summed E-state index contributed by atoms with van der Waals surface area (Å²) in [5, 5.41) is 2.23. The summed E-state index contributed by atoms with van der Waals surface area (Å²) in [4.78, 5) is 23.9. The van der Waals surface area contributed by atoms with Gasteiger partial charge in [-0.3, -0.25) is 15.0 Å². The van der Waals surface area contributed by atoms with E-state index in [0.29, 0.717) is 5.70 Å². The Morgan fingerprint density at radius 1 is 1.19 bits per heavy atom. The van der Waals surface area contributed by atoms with Crippen LogP contribution in [0.3, 0.4) is 0 Å². The Balaban J connectivity index is 2.34. The first-order chi connectivity index (χ1) is 7.58. The summed E-state index contributed by atoms with van der Waals surface area (Å²) in [6.07, 6.45) is 1.69. The zero-order valence-corrected chi connectivity index (χ0v) is 9.15. The van der Waals surface area contributed by atoms with Crippen LogP contribution in [0.4, 0.5) is 4.79 Å². The van der Waals surface area contributed by atoms with Gasteiger partial charge in [-0.25, -0.2) is 4.79 Å². The number of amides is 3. The molecule has 0 atom stereocenters. The molecule has 4 heteroatoms. The first-order valence-corrected chi connectivity index (χ1v) is 4.95. The highest BCUT2D eigenvalue weighted by molar-refractivity contribution is 6.13. The lowest BCUT2D eigenvalue weighted by molar-refractivity contribution is -0.115. The van der Waals surface area contributed by atoms with Crippen molar-refractivity contribution in [2.45, 2.75) is 6.92 Å². The average Bonchev–Trinajstić information content (AvgIpc) is 2.48. The maximum absolute atomic E-state index is 11.4. The Morgan fingerprint density at radius 2 is 1.81 bits per heavy atom. The summed E-state index contributed by atoms with van der Waals surface area (Å²) in [6, 6.07) is 7.35. The number of urea groups is 1. The van der Waals surface area contributed by atoms with Crippen LogP contribution in [0.15, 0.2) is 30.0 Å². The first-order valence-electron chi connectivity index (χ1n) is 4.95. The Hall–Kier alpha value is -2.10. The summed E-state index contributed by atoms with van der Waals surface area (Å²) < 4.78 is 0. The predicted octanol–water partition coefficient (Wildman–Crippen LogP) is 1.52. The van der Waals surface area contributed by atoms with E-state index in [-0.39, 0.29) is 11.9 Å². The molecule has 4 nitrogen and oxygen atoms in total. The Kier molecular flexibility index (Phi) is 2.48. The number of likely N-dealkylation sites (N-methyl/N-ethyl adjacent to an activating group) is 1. The molecule has 16 heavy (non-hydrogen) atoms. The van der Waals surface area contributed by atoms with Crippen LogP contribution in [-0.2, 0) is 4.79 Å². The first kappa shape index (κ1) is 10.4. The molecular weight excluding hydrogens is 204 g/mol. The van der Waals surface area contributed by atoms with Gasteiger partial charge in [0.15, 0.2) is 0 Å². The molecule has 0 unspecified atom stereocenters. The van der Waals surface area contributed by atoms with Crippen molar-refractivity contribution >= 4 is 18.0 Å². The summed E-state index contributed by atoms with van der Waals surface area (Å²) in [7, 11) is 1.57. The molecule has 1 aliphatic rings. The summed E-state index contributed by atoms with van der Waals surface area (Å²) in [6.45, 7) is 1.99. The zero-order chi connectivity index (χ0) is 11.7. The van der Waals surface area contributed by atoms with E-state index in [0.717, 1.165) is 11.1 Å². The van der Waals surface area contributed by atoms with Crippen molar-refractivity contribution < 1.29 is 9.59 Å². The number of aryl methyl sites for hydroxylation is 1. The van der Waals surface area contributed by atoms with Crippen molar-refractivity contribution in [3.63, 3.8) is 0 Å². The zero-order valence-electron chi connectivity index (χ0n) is 9.15. The van der Waals surface area contributed by atoms with Gasteiger partial charge >= 0.3 is 6.03 Å². The number of nitrogens with zero attached hydrogens (tertiary/aromatic N) is 1. The van der Waals surface area contributed by atoms with E-state index in [9.17, 15) is 9.59 Å². The molecule has 0 aliphatic carbocycles. The molecule has 0 aromatic heterocycles. The third-order valence-corrected chi connectivity index (χ3v) is 2.50. The lowest BCUT2D eigenvalue weighted by Crippen LogP contribution is -2.24. The van der Waals surface area contributed by atoms with E-state index in [2.05, 4.69) is 5.32 Å². The van der Waals surface area contributed by atoms with Gasteiger partial charge in [0.05, 0.1) is 0 Å². The van der Waals surface area contributed by atoms with Crippen LogP contribution in [0.1, 0.15) is 11.1 Å². The molecule has 1 aliphatic heterocycles. The molecule has 0 bridgehead atoms. The van der Waals surface area contributed by atoms with Gasteiger partial charge in [0.1, 0.15) is 5.70 Å². The van der Waals surface area contributed by atoms with E-state index in [1.165, 1.54) is 4.90 Å². The van der Waals surface area contributed by atoms with Gasteiger partial charge in [0.25, 0.3) is 5.91 Å². The van der Waals surface area contributed by atoms with E-state index in [4.69, 9.17) is 0 Å². The third kappa shape index (κ3) is 1.82. The van der Waals surface area contributed by atoms with Gasteiger partial charge in [-0.05, 0) is 18.6 Å². The molecule has 1 aromatic carbocycles. The van der Waals surface area contributed by atoms with Crippen LogP contribution in [0.5, 0.6) is 0 Å². The van der Waals surface area contributed by atoms with Crippen LogP contribution in [0.2, 0.25) is 0 Å². The van der Waals surface area contributed by atoms with Gasteiger partial charge in [-0.15, -0.1) is 0 Å². The third-order valence-electron chi connectivity index (χ3n) is 2.50. The molecule has 1 aromatic rings. The quantitative estimate of drug-likeness (QED) is 0.571. The van der Waals surface area contributed by atoms with E-state index in [1.54, 1.807) is 13.1 Å². The number of nitrogens with one attached hydrogen (secondary N) is 1. The van der Waals surface area contributed by atoms with Crippen LogP contribution < -0.4 is 5.32 Å². The second-order valence-corrected chi connectivity index (χ2v) is 3.76. The SMILES string of the molecule is Cc1ccc(C=C2C(=O)NC(=O)N2C)cc1. The lowest BCUT2D eigenvalue weighted by Gasteiger charge is -2.06. The van der Waals surface area contributed by atoms with Crippen LogP contribution >= 0.6 is 0 Å². The Bertz CT molecular complexity index is 474. The number of rotatable bonds is 1. The van der Waals surface area contributed by atoms with Gasteiger partial charge in [-0.2, -0.15) is 0 Å². The van der Waals surface area contributed by atoms with Crippen molar-refractivity contribution in [3.8, 4) is 0 Å². The van der Waals surface area contributed by atoms with E-state index < -0.39 is 0 Å². The molecule has 3 amide bonds. The number of carbonyl (C=O) groups is 2. The minimum absolute atomic E-state index is 0.354. The summed E-state index contributed by atoms with van der Waals surface area (Å²) in [5.74, 6) is -0.354. The van der Waals surface area contributed by atoms with Gasteiger partial charge < -0.3 is 0 Å². The fourth-order valence-electron chi connectivity index (χ4n) is 1.49. The highest BCUT2D eigenvalue weighted by Crippen LogP contribution is 2.15. The van der Waals surface area contributed by atoms with Crippen molar-refractivity contribution in [2.24, 2.45) is 0 Å². The normalized spacial score (nSPS) is 18.1. The van der Waals surface area contributed by atoms with Crippen molar-refractivity contribution in [3.05, 3.63) is 41.1 Å². The van der Waals surface area contributed by atoms with Crippen LogP contribution in [-0.4, -0.2) is 23.9 Å². The second kappa shape index (κ2) is 3.81. The Morgan fingerprint density at radius 3 is 2.31 bits per heavy atom. The van der Waals surface area contributed by atoms with E-state index >= 15 is 0 Å². The lowest BCUT2D eigenvalue weighted by atomic mass is 10.1. The monoisotopic (exact) mass is 216 g/mol. The van der Waals surface area contributed by atoms with Crippen molar-refractivity contribution in [1.82, 2.24) is 10.2 Å². The molecule has 2 rings (SSSR count). The largest absolute Gasteiger partial charge is 0.328 e. The Labute approximate surface area is 93.6 Å². The van der Waals surface area contributed by atoms with Crippen LogP contribution in [0.25, 0.3) is 6.08 Å². The second-order valence-electron chi connectivity index (χ2n) is 3.76. The molecule has 1 N–H and O–H groups in total. The minimum Gasteiger partial charge on any atom is -0.292 e. The molecule has 0 saturated carbocycles. The highest BCUT2D eigenvalue weighted by Gasteiger charge is 2.29. The topological polar surface area (TPSA) is 49.4 Å². The van der Waals surface area contributed by atoms with Gasteiger partial charge in [-0.1, -0.05) is 29.8 Å². The molecule has 1 saturated heterocycles. The van der Waals surface area contributed by atoms with Crippen molar-refractivity contribution in [2.75, 3.05) is 7.05 Å². The molecule has 82 valence electrons. The fraction of sp³-hybridized carbons (Fsp3) is 0.167. The van der Waals surface area contributed by atoms with E-state index in [1.807, 2.05) is 31.2 Å². The molecule has 1 fully saturated rings. The smallest absolute Gasteiger partial charge is 0.292 e. The number of hydrogen-bond acceptors (Lipinski definition) is 2. The maximum atomic E-state index is 11.4. The number of carbonyl (C=O) groups excluding carboxylic acids is 2. The highest BCUT2D eigenvalue weighted by atomic mass is 16.2.